The predicted octanol–water partition coefficient (Wildman–Crippen LogP) is 5.96. The molecule has 1 aliphatic rings. The van der Waals surface area contributed by atoms with Crippen LogP contribution in [0.25, 0.3) is 10.9 Å². The van der Waals surface area contributed by atoms with E-state index in [2.05, 4.69) is 29.6 Å². The van der Waals surface area contributed by atoms with E-state index in [9.17, 15) is 0 Å². The van der Waals surface area contributed by atoms with Gasteiger partial charge in [-0.25, -0.2) is 4.98 Å². The van der Waals surface area contributed by atoms with Gasteiger partial charge in [-0.1, -0.05) is 35.3 Å². The van der Waals surface area contributed by atoms with E-state index >= 15 is 0 Å². The van der Waals surface area contributed by atoms with Crippen molar-refractivity contribution in [3.05, 3.63) is 52.5 Å². The molecule has 4 rings (SSSR count). The molecule has 0 radical (unpaired) electrons. The van der Waals surface area contributed by atoms with Crippen molar-refractivity contribution < 1.29 is 0 Å². The fourth-order valence-corrected chi connectivity index (χ4v) is 4.16. The number of rotatable bonds is 5. The van der Waals surface area contributed by atoms with Gasteiger partial charge in [-0.05, 0) is 70.1 Å². The maximum Gasteiger partial charge on any atom is 0.225 e. The Hall–Kier alpha value is -2.08. The van der Waals surface area contributed by atoms with Crippen LogP contribution < -0.4 is 10.6 Å². The van der Waals surface area contributed by atoms with Crippen molar-refractivity contribution in [1.82, 2.24) is 14.9 Å². The Bertz CT molecular complexity index is 1000. The molecule has 0 amide bonds. The zero-order chi connectivity index (χ0) is 20.4. The molecule has 0 unspecified atom stereocenters. The number of fused-ring (bicyclic) bond motifs is 1. The van der Waals surface area contributed by atoms with Gasteiger partial charge in [-0.3, -0.25) is 0 Å². The number of hydrogen-bond acceptors (Lipinski definition) is 5. The minimum atomic E-state index is 0.394. The van der Waals surface area contributed by atoms with Crippen LogP contribution >= 0.6 is 23.2 Å². The average Bonchev–Trinajstić information content (AvgIpc) is 2.71. The van der Waals surface area contributed by atoms with E-state index in [1.165, 1.54) is 12.8 Å². The number of para-hydroxylation sites is 1. The molecule has 0 saturated heterocycles. The number of halogens is 2. The van der Waals surface area contributed by atoms with Gasteiger partial charge in [0.1, 0.15) is 5.82 Å². The summed E-state index contributed by atoms with van der Waals surface area (Å²) < 4.78 is 0. The molecule has 1 fully saturated rings. The summed E-state index contributed by atoms with van der Waals surface area (Å²) in [6.07, 6.45) is 4.61. The second kappa shape index (κ2) is 8.74. The van der Waals surface area contributed by atoms with Crippen molar-refractivity contribution in [2.75, 3.05) is 24.7 Å². The number of nitrogens with one attached hydrogen (secondary N) is 2. The molecule has 2 N–H and O–H groups in total. The molecular formula is C22H25Cl2N5. The van der Waals surface area contributed by atoms with Crippen LogP contribution in [0.4, 0.5) is 17.5 Å². The molecule has 1 aromatic heterocycles. The summed E-state index contributed by atoms with van der Waals surface area (Å²) >= 11 is 12.2. The summed E-state index contributed by atoms with van der Waals surface area (Å²) in [7, 11) is 4.32. The van der Waals surface area contributed by atoms with Crippen molar-refractivity contribution in [2.45, 2.75) is 37.8 Å². The lowest BCUT2D eigenvalue weighted by atomic mass is 9.90. The van der Waals surface area contributed by atoms with Crippen molar-refractivity contribution >= 4 is 51.6 Å². The quantitative estimate of drug-likeness (QED) is 0.523. The Morgan fingerprint density at radius 2 is 1.69 bits per heavy atom. The molecule has 1 heterocycles. The summed E-state index contributed by atoms with van der Waals surface area (Å²) in [6, 6.07) is 14.5. The van der Waals surface area contributed by atoms with E-state index < -0.39 is 0 Å². The smallest absolute Gasteiger partial charge is 0.225 e. The third-order valence-corrected chi connectivity index (χ3v) is 6.28. The van der Waals surface area contributed by atoms with E-state index in [0.717, 1.165) is 35.2 Å². The maximum absolute atomic E-state index is 6.17. The number of nitrogens with zero attached hydrogens (tertiary/aromatic N) is 3. The Morgan fingerprint density at radius 1 is 0.931 bits per heavy atom. The zero-order valence-corrected chi connectivity index (χ0v) is 18.1. The molecule has 1 aliphatic carbocycles. The molecule has 0 spiro atoms. The molecule has 0 aliphatic heterocycles. The third kappa shape index (κ3) is 4.74. The van der Waals surface area contributed by atoms with Gasteiger partial charge in [0.15, 0.2) is 0 Å². The minimum Gasteiger partial charge on any atom is -0.351 e. The number of aromatic nitrogens is 2. The highest BCUT2D eigenvalue weighted by atomic mass is 35.5. The standard InChI is InChI=1S/C22H25Cl2N5/c1-29(2)16-10-7-14(8-11-16)26-22-27-20-6-4-3-5-17(20)21(28-22)25-15-9-12-18(23)19(24)13-15/h3-6,9,12-14,16H,7-8,10-11H2,1-2H3,(H2,25,26,27,28). The van der Waals surface area contributed by atoms with Gasteiger partial charge in [0.05, 0.1) is 15.6 Å². The first-order valence-electron chi connectivity index (χ1n) is 9.91. The number of anilines is 3. The predicted molar refractivity (Wildman–Crippen MR) is 123 cm³/mol. The van der Waals surface area contributed by atoms with E-state index in [1.54, 1.807) is 12.1 Å². The lowest BCUT2D eigenvalue weighted by Gasteiger charge is -2.33. The average molecular weight is 430 g/mol. The van der Waals surface area contributed by atoms with Crippen molar-refractivity contribution in [3.63, 3.8) is 0 Å². The molecule has 7 heteroatoms. The molecule has 2 aromatic carbocycles. The first kappa shape index (κ1) is 20.2. The van der Waals surface area contributed by atoms with Crippen molar-refractivity contribution in [3.8, 4) is 0 Å². The van der Waals surface area contributed by atoms with Gasteiger partial charge < -0.3 is 15.5 Å². The van der Waals surface area contributed by atoms with Gasteiger partial charge in [0, 0.05) is 23.2 Å². The topological polar surface area (TPSA) is 53.1 Å². The molecular weight excluding hydrogens is 405 g/mol. The third-order valence-electron chi connectivity index (χ3n) is 5.55. The summed E-state index contributed by atoms with van der Waals surface area (Å²) in [4.78, 5) is 11.8. The van der Waals surface area contributed by atoms with Gasteiger partial charge in [-0.15, -0.1) is 0 Å². The van der Waals surface area contributed by atoms with E-state index in [0.29, 0.717) is 28.1 Å². The molecule has 0 atom stereocenters. The van der Waals surface area contributed by atoms with Gasteiger partial charge in [0.2, 0.25) is 5.95 Å². The van der Waals surface area contributed by atoms with Crippen LogP contribution in [0.2, 0.25) is 10.0 Å². The van der Waals surface area contributed by atoms with E-state index in [1.807, 2.05) is 30.3 Å². The summed E-state index contributed by atoms with van der Waals surface area (Å²) in [5.74, 6) is 1.40. The minimum absolute atomic E-state index is 0.394. The molecule has 1 saturated carbocycles. The first-order valence-corrected chi connectivity index (χ1v) is 10.7. The summed E-state index contributed by atoms with van der Waals surface area (Å²) in [5, 5.41) is 8.92. The van der Waals surface area contributed by atoms with Crippen molar-refractivity contribution in [2.24, 2.45) is 0 Å². The molecule has 29 heavy (non-hydrogen) atoms. The SMILES string of the molecule is CN(C)C1CCC(Nc2nc(Nc3ccc(Cl)c(Cl)c3)c3ccccc3n2)CC1. The molecule has 152 valence electrons. The molecule has 0 bridgehead atoms. The summed E-state index contributed by atoms with van der Waals surface area (Å²) in [6.45, 7) is 0. The van der Waals surface area contributed by atoms with E-state index in [-0.39, 0.29) is 0 Å². The second-order valence-electron chi connectivity index (χ2n) is 7.78. The van der Waals surface area contributed by atoms with Crippen LogP contribution in [0.5, 0.6) is 0 Å². The van der Waals surface area contributed by atoms with Crippen LogP contribution in [0, 0.1) is 0 Å². The van der Waals surface area contributed by atoms with Crippen LogP contribution in [0.1, 0.15) is 25.7 Å². The van der Waals surface area contributed by atoms with Gasteiger partial charge in [-0.2, -0.15) is 4.98 Å². The summed E-state index contributed by atoms with van der Waals surface area (Å²) in [5.41, 5.74) is 1.73. The van der Waals surface area contributed by atoms with Crippen molar-refractivity contribution in [1.29, 1.82) is 0 Å². The van der Waals surface area contributed by atoms with Gasteiger partial charge in [0.25, 0.3) is 0 Å². The number of benzene rings is 2. The Morgan fingerprint density at radius 3 is 2.41 bits per heavy atom. The van der Waals surface area contributed by atoms with Crippen LogP contribution in [-0.2, 0) is 0 Å². The zero-order valence-electron chi connectivity index (χ0n) is 16.6. The maximum atomic E-state index is 6.17. The van der Waals surface area contributed by atoms with Crippen LogP contribution in [0.15, 0.2) is 42.5 Å². The van der Waals surface area contributed by atoms with Crippen LogP contribution in [-0.4, -0.2) is 41.0 Å². The van der Waals surface area contributed by atoms with Gasteiger partial charge >= 0.3 is 0 Å². The fourth-order valence-electron chi connectivity index (χ4n) is 3.87. The lowest BCUT2D eigenvalue weighted by molar-refractivity contribution is 0.221. The largest absolute Gasteiger partial charge is 0.351 e. The Kier molecular flexibility index (Phi) is 6.09. The molecule has 5 nitrogen and oxygen atoms in total. The molecule has 3 aromatic rings. The highest BCUT2D eigenvalue weighted by Gasteiger charge is 2.23. The highest BCUT2D eigenvalue weighted by molar-refractivity contribution is 6.42. The Labute approximate surface area is 181 Å². The fraction of sp³-hybridized carbons (Fsp3) is 0.364. The monoisotopic (exact) mass is 429 g/mol. The lowest BCUT2D eigenvalue weighted by Crippen LogP contribution is -2.36. The Balaban J connectivity index is 1.58. The number of hydrogen-bond donors (Lipinski definition) is 2. The first-order chi connectivity index (χ1) is 14.0. The van der Waals surface area contributed by atoms with Crippen LogP contribution in [0.3, 0.4) is 0 Å². The normalized spacial score (nSPS) is 19.5. The highest BCUT2D eigenvalue weighted by Crippen LogP contribution is 2.30. The van der Waals surface area contributed by atoms with E-state index in [4.69, 9.17) is 33.2 Å². The second-order valence-corrected chi connectivity index (χ2v) is 8.59.